The molecule has 0 radical (unpaired) electrons. The van der Waals surface area contributed by atoms with Gasteiger partial charge in [-0.1, -0.05) is 18.2 Å². The van der Waals surface area contributed by atoms with E-state index in [-0.39, 0.29) is 35.5 Å². The van der Waals surface area contributed by atoms with Crippen LogP contribution in [0.5, 0.6) is 0 Å². The van der Waals surface area contributed by atoms with Crippen LogP contribution in [0.3, 0.4) is 0 Å². The molecular formula is C16H14N4O4S. The Bertz CT molecular complexity index is 819. The van der Waals surface area contributed by atoms with Crippen molar-refractivity contribution in [2.45, 2.75) is 6.92 Å². The van der Waals surface area contributed by atoms with Gasteiger partial charge in [-0.05, 0) is 31.3 Å². The van der Waals surface area contributed by atoms with Gasteiger partial charge in [0.2, 0.25) is 5.91 Å². The molecule has 2 amide bonds. The predicted molar refractivity (Wildman–Crippen MR) is 93.5 cm³/mol. The molecule has 2 aliphatic rings. The number of ether oxygens (including phenoxy) is 1. The van der Waals surface area contributed by atoms with E-state index in [9.17, 15) is 14.4 Å². The van der Waals surface area contributed by atoms with Crippen molar-refractivity contribution in [1.29, 1.82) is 0 Å². The molecule has 1 N–H and O–H groups in total. The Balaban J connectivity index is 1.99. The lowest BCUT2D eigenvalue weighted by atomic mass is 10.1. The Hall–Kier alpha value is -3.07. The van der Waals surface area contributed by atoms with Gasteiger partial charge in [0.15, 0.2) is 10.8 Å². The maximum atomic E-state index is 12.8. The fourth-order valence-electron chi connectivity index (χ4n) is 2.34. The second-order valence-electron chi connectivity index (χ2n) is 5.15. The van der Waals surface area contributed by atoms with Gasteiger partial charge in [-0.25, -0.2) is 4.79 Å². The number of hydrogen-bond donors (Lipinski definition) is 1. The summed E-state index contributed by atoms with van der Waals surface area (Å²) in [5.74, 6) is -1.51. The van der Waals surface area contributed by atoms with Crippen molar-refractivity contribution in [3.63, 3.8) is 0 Å². The van der Waals surface area contributed by atoms with Crippen LogP contribution in [0, 0.1) is 0 Å². The smallest absolute Gasteiger partial charge is 0.359 e. The van der Waals surface area contributed by atoms with Crippen LogP contribution in [0.2, 0.25) is 0 Å². The Morgan fingerprint density at radius 3 is 2.68 bits per heavy atom. The largest absolute Gasteiger partial charge is 0.461 e. The maximum Gasteiger partial charge on any atom is 0.359 e. The van der Waals surface area contributed by atoms with Crippen LogP contribution in [-0.4, -0.2) is 46.7 Å². The van der Waals surface area contributed by atoms with Gasteiger partial charge in [-0.2, -0.15) is 10.1 Å². The second kappa shape index (κ2) is 6.81. The molecule has 1 fully saturated rings. The second-order valence-corrected chi connectivity index (χ2v) is 5.53. The first kappa shape index (κ1) is 16.8. The number of amides is 2. The molecular weight excluding hydrogens is 344 g/mol. The van der Waals surface area contributed by atoms with Crippen molar-refractivity contribution in [3.8, 4) is 0 Å². The monoisotopic (exact) mass is 358 g/mol. The van der Waals surface area contributed by atoms with Crippen LogP contribution in [0.25, 0.3) is 0 Å². The summed E-state index contributed by atoms with van der Waals surface area (Å²) < 4.78 is 4.98. The van der Waals surface area contributed by atoms with E-state index in [0.29, 0.717) is 5.69 Å². The quantitative estimate of drug-likeness (QED) is 0.480. The van der Waals surface area contributed by atoms with Crippen molar-refractivity contribution in [2.75, 3.05) is 18.2 Å². The summed E-state index contributed by atoms with van der Waals surface area (Å²) in [5.41, 5.74) is 0.398. The summed E-state index contributed by atoms with van der Waals surface area (Å²) in [6.45, 7) is 1.77. The number of benzene rings is 1. The van der Waals surface area contributed by atoms with Gasteiger partial charge in [-0.3, -0.25) is 9.59 Å². The molecule has 25 heavy (non-hydrogen) atoms. The molecule has 1 saturated heterocycles. The zero-order valence-corrected chi connectivity index (χ0v) is 14.1. The van der Waals surface area contributed by atoms with E-state index in [1.54, 1.807) is 37.3 Å². The summed E-state index contributed by atoms with van der Waals surface area (Å²) in [7, 11) is 0. The molecule has 2 heterocycles. The molecule has 0 spiro atoms. The van der Waals surface area contributed by atoms with E-state index >= 15 is 0 Å². The average Bonchev–Trinajstić information content (AvgIpc) is 3.09. The van der Waals surface area contributed by atoms with E-state index in [1.807, 2.05) is 0 Å². The normalized spacial score (nSPS) is 18.7. The highest BCUT2D eigenvalue weighted by molar-refractivity contribution is 7.80. The number of esters is 1. The predicted octanol–water partition coefficient (Wildman–Crippen LogP) is 0.553. The fraction of sp³-hybridized carbons (Fsp3) is 0.188. The minimum absolute atomic E-state index is 0.0150. The average molecular weight is 358 g/mol. The van der Waals surface area contributed by atoms with Gasteiger partial charge in [0.25, 0.3) is 5.91 Å². The van der Waals surface area contributed by atoms with Gasteiger partial charge < -0.3 is 15.0 Å². The molecule has 3 rings (SSSR count). The molecule has 0 aromatic heterocycles. The topological polar surface area (TPSA) is 91.3 Å². The van der Waals surface area contributed by atoms with E-state index < -0.39 is 11.9 Å². The number of carbonyl (C=O) groups is 3. The van der Waals surface area contributed by atoms with Crippen molar-refractivity contribution >= 4 is 46.5 Å². The summed E-state index contributed by atoms with van der Waals surface area (Å²) in [5, 5.41) is 7.84. The van der Waals surface area contributed by atoms with Crippen LogP contribution in [0.15, 0.2) is 47.2 Å². The lowest BCUT2D eigenvalue weighted by molar-refractivity contribution is -0.135. The van der Waals surface area contributed by atoms with E-state index in [1.165, 1.54) is 11.1 Å². The molecule has 1 aromatic rings. The van der Waals surface area contributed by atoms with Gasteiger partial charge >= 0.3 is 5.97 Å². The van der Waals surface area contributed by atoms with Gasteiger partial charge in [0.1, 0.15) is 6.54 Å². The van der Waals surface area contributed by atoms with Crippen molar-refractivity contribution in [2.24, 2.45) is 5.10 Å². The van der Waals surface area contributed by atoms with Gasteiger partial charge in [0.05, 0.1) is 17.9 Å². The van der Waals surface area contributed by atoms with Crippen LogP contribution in [-0.2, 0) is 19.1 Å². The van der Waals surface area contributed by atoms with Crippen molar-refractivity contribution in [1.82, 2.24) is 10.2 Å². The number of hydrogen-bond acceptors (Lipinski definition) is 6. The third kappa shape index (κ3) is 3.26. The summed E-state index contributed by atoms with van der Waals surface area (Å²) in [4.78, 5) is 37.8. The minimum Gasteiger partial charge on any atom is -0.461 e. The highest BCUT2D eigenvalue weighted by atomic mass is 32.1. The molecule has 1 aromatic carbocycles. The Kier molecular flexibility index (Phi) is 4.57. The fourth-order valence-corrected chi connectivity index (χ4v) is 2.57. The van der Waals surface area contributed by atoms with E-state index in [0.717, 1.165) is 5.01 Å². The maximum absolute atomic E-state index is 12.8. The molecule has 0 aliphatic carbocycles. The summed E-state index contributed by atoms with van der Waals surface area (Å²) in [6.07, 6.45) is 1.35. The zero-order chi connectivity index (χ0) is 18.0. The van der Waals surface area contributed by atoms with Crippen LogP contribution in [0.4, 0.5) is 5.69 Å². The lowest BCUT2D eigenvalue weighted by Gasteiger charge is -2.13. The number of nitrogens with one attached hydrogen (secondary N) is 1. The molecule has 0 atom stereocenters. The highest BCUT2D eigenvalue weighted by Gasteiger charge is 2.37. The van der Waals surface area contributed by atoms with E-state index in [4.69, 9.17) is 17.0 Å². The lowest BCUT2D eigenvalue weighted by Crippen LogP contribution is -2.28. The molecule has 128 valence electrons. The number of thiocarbonyl (C=S) groups is 1. The first-order valence-electron chi connectivity index (χ1n) is 7.49. The van der Waals surface area contributed by atoms with Crippen LogP contribution in [0.1, 0.15) is 6.92 Å². The third-order valence-electron chi connectivity index (χ3n) is 3.45. The number of para-hydroxylation sites is 1. The summed E-state index contributed by atoms with van der Waals surface area (Å²) >= 11 is 5.04. The van der Waals surface area contributed by atoms with Crippen molar-refractivity contribution < 1.29 is 19.1 Å². The molecule has 8 nitrogen and oxygen atoms in total. The standard InChI is InChI=1S/C16H14N4O4S/c1-2-24-15(23)13-11(8-19-9-12(21)17-16(19)25)14(22)20(18-13)10-6-4-3-5-7-10/h3-8H,2,9H2,1H3,(H,17,21,25)/b11-8-. The van der Waals surface area contributed by atoms with E-state index in [2.05, 4.69) is 10.4 Å². The third-order valence-corrected chi connectivity index (χ3v) is 3.79. The first-order valence-corrected chi connectivity index (χ1v) is 7.90. The molecule has 2 aliphatic heterocycles. The molecule has 0 saturated carbocycles. The SMILES string of the molecule is CCOC(=O)C1=NN(c2ccccc2)C(=O)/C1=C\N1CC(=O)NC1=S. The number of rotatable bonds is 4. The summed E-state index contributed by atoms with van der Waals surface area (Å²) in [6, 6.07) is 8.69. The molecule has 0 unspecified atom stereocenters. The Morgan fingerprint density at radius 2 is 2.08 bits per heavy atom. The molecule has 9 heteroatoms. The highest BCUT2D eigenvalue weighted by Crippen LogP contribution is 2.24. The number of anilines is 1. The van der Waals surface area contributed by atoms with Gasteiger partial charge in [-0.15, -0.1) is 0 Å². The first-order chi connectivity index (χ1) is 12.0. The van der Waals surface area contributed by atoms with Crippen LogP contribution >= 0.6 is 12.2 Å². The number of nitrogens with zero attached hydrogens (tertiary/aromatic N) is 3. The van der Waals surface area contributed by atoms with Crippen LogP contribution < -0.4 is 10.3 Å². The number of hydrazone groups is 1. The molecule has 0 bridgehead atoms. The number of carbonyl (C=O) groups excluding carboxylic acids is 3. The van der Waals surface area contributed by atoms with Gasteiger partial charge in [0, 0.05) is 6.20 Å². The Morgan fingerprint density at radius 1 is 1.36 bits per heavy atom. The Labute approximate surface area is 148 Å². The zero-order valence-electron chi connectivity index (χ0n) is 13.3. The van der Waals surface area contributed by atoms with Crippen molar-refractivity contribution in [3.05, 3.63) is 42.1 Å². The minimum atomic E-state index is -0.718.